The fourth-order valence-electron chi connectivity index (χ4n) is 2.45. The molecule has 1 aliphatic carbocycles. The lowest BCUT2D eigenvalue weighted by Crippen LogP contribution is -2.43. The maximum absolute atomic E-state index is 12.0. The van der Waals surface area contributed by atoms with Gasteiger partial charge in [-0.1, -0.05) is 12.8 Å². The molecule has 1 aliphatic rings. The zero-order chi connectivity index (χ0) is 13.2. The van der Waals surface area contributed by atoms with Crippen LogP contribution in [0.4, 0.5) is 5.69 Å². The van der Waals surface area contributed by atoms with Gasteiger partial charge in [0.1, 0.15) is 6.54 Å². The molecule has 0 aliphatic heterocycles. The van der Waals surface area contributed by atoms with Gasteiger partial charge in [0.05, 0.1) is 17.5 Å². The van der Waals surface area contributed by atoms with Crippen LogP contribution in [0.25, 0.3) is 0 Å². The van der Waals surface area contributed by atoms with Crippen molar-refractivity contribution in [2.24, 2.45) is 0 Å². The van der Waals surface area contributed by atoms with E-state index in [9.17, 15) is 9.90 Å². The van der Waals surface area contributed by atoms with Crippen molar-refractivity contribution in [1.82, 2.24) is 14.7 Å². The van der Waals surface area contributed by atoms with E-state index in [4.69, 9.17) is 5.73 Å². The Labute approximate surface area is 106 Å². The van der Waals surface area contributed by atoms with E-state index in [1.807, 2.05) is 0 Å². The van der Waals surface area contributed by atoms with Gasteiger partial charge in [-0.05, 0) is 12.8 Å². The van der Waals surface area contributed by atoms with Gasteiger partial charge in [-0.15, -0.1) is 0 Å². The van der Waals surface area contributed by atoms with Crippen LogP contribution in [0.2, 0.25) is 0 Å². The van der Waals surface area contributed by atoms with Gasteiger partial charge >= 0.3 is 0 Å². The number of rotatable bonds is 4. The first kappa shape index (κ1) is 12.9. The van der Waals surface area contributed by atoms with Crippen molar-refractivity contribution < 1.29 is 9.90 Å². The van der Waals surface area contributed by atoms with Crippen molar-refractivity contribution in [1.29, 1.82) is 0 Å². The molecule has 0 atom stereocenters. The molecule has 0 radical (unpaired) electrons. The van der Waals surface area contributed by atoms with Crippen LogP contribution >= 0.6 is 0 Å². The third kappa shape index (κ3) is 3.01. The van der Waals surface area contributed by atoms with Crippen LogP contribution in [-0.2, 0) is 11.3 Å². The number of hydrogen-bond acceptors (Lipinski definition) is 4. The number of nitrogens with two attached hydrogens (primary N) is 1. The summed E-state index contributed by atoms with van der Waals surface area (Å²) < 4.78 is 1.51. The Hall–Kier alpha value is -1.56. The first-order valence-electron chi connectivity index (χ1n) is 6.23. The van der Waals surface area contributed by atoms with E-state index in [0.717, 1.165) is 25.7 Å². The summed E-state index contributed by atoms with van der Waals surface area (Å²) in [7, 11) is 1.71. The monoisotopic (exact) mass is 252 g/mol. The van der Waals surface area contributed by atoms with Crippen LogP contribution in [0, 0.1) is 0 Å². The van der Waals surface area contributed by atoms with Crippen LogP contribution in [-0.4, -0.2) is 44.9 Å². The maximum Gasteiger partial charge on any atom is 0.244 e. The number of likely N-dealkylation sites (N-methyl/N-ethyl adjacent to an activating group) is 1. The Morgan fingerprint density at radius 1 is 1.61 bits per heavy atom. The topological polar surface area (TPSA) is 84.4 Å². The Morgan fingerprint density at radius 3 is 2.83 bits per heavy atom. The van der Waals surface area contributed by atoms with Crippen LogP contribution in [0.1, 0.15) is 25.7 Å². The van der Waals surface area contributed by atoms with Gasteiger partial charge in [-0.3, -0.25) is 9.48 Å². The summed E-state index contributed by atoms with van der Waals surface area (Å²) in [4.78, 5) is 13.5. The number of aliphatic hydroxyl groups is 1. The molecule has 1 heterocycles. The van der Waals surface area contributed by atoms with Gasteiger partial charge in [-0.25, -0.2) is 0 Å². The number of aromatic nitrogens is 2. The molecule has 18 heavy (non-hydrogen) atoms. The highest BCUT2D eigenvalue weighted by Gasteiger charge is 2.33. The largest absolute Gasteiger partial charge is 0.396 e. The minimum atomic E-state index is -0.701. The van der Waals surface area contributed by atoms with Crippen molar-refractivity contribution in [3.8, 4) is 0 Å². The third-order valence-electron chi connectivity index (χ3n) is 3.44. The lowest BCUT2D eigenvalue weighted by Gasteiger charge is -2.28. The highest BCUT2D eigenvalue weighted by Crippen LogP contribution is 2.29. The van der Waals surface area contributed by atoms with E-state index in [0.29, 0.717) is 12.2 Å². The predicted molar refractivity (Wildman–Crippen MR) is 67.7 cm³/mol. The van der Waals surface area contributed by atoms with Crippen LogP contribution in [0.15, 0.2) is 12.4 Å². The summed E-state index contributed by atoms with van der Waals surface area (Å²) >= 11 is 0. The lowest BCUT2D eigenvalue weighted by molar-refractivity contribution is -0.134. The van der Waals surface area contributed by atoms with Gasteiger partial charge < -0.3 is 15.7 Å². The van der Waals surface area contributed by atoms with Crippen LogP contribution in [0.3, 0.4) is 0 Å². The molecule has 0 unspecified atom stereocenters. The molecule has 1 saturated carbocycles. The highest BCUT2D eigenvalue weighted by atomic mass is 16.3. The Kier molecular flexibility index (Phi) is 3.56. The summed E-state index contributed by atoms with van der Waals surface area (Å²) in [5, 5.41) is 14.2. The van der Waals surface area contributed by atoms with Gasteiger partial charge in [-0.2, -0.15) is 5.10 Å². The molecule has 1 amide bonds. The van der Waals surface area contributed by atoms with Crippen molar-refractivity contribution in [3.05, 3.63) is 12.4 Å². The van der Waals surface area contributed by atoms with Crippen LogP contribution in [0.5, 0.6) is 0 Å². The van der Waals surface area contributed by atoms with Gasteiger partial charge in [0.25, 0.3) is 0 Å². The SMILES string of the molecule is CN(CC1(O)CCCC1)C(=O)Cn1cc(N)cn1. The number of carbonyl (C=O) groups is 1. The molecular formula is C12H20N4O2. The molecule has 3 N–H and O–H groups in total. The molecule has 0 aromatic carbocycles. The molecule has 1 fully saturated rings. The summed E-state index contributed by atoms with van der Waals surface area (Å²) in [6, 6.07) is 0. The second kappa shape index (κ2) is 4.97. The number of nitrogen functional groups attached to an aromatic ring is 1. The summed E-state index contributed by atoms with van der Waals surface area (Å²) in [6.45, 7) is 0.548. The standard InChI is InChI=1S/C12H20N4O2/c1-15(9-12(18)4-2-3-5-12)11(17)8-16-7-10(13)6-14-16/h6-7,18H,2-5,8-9,13H2,1H3. The molecule has 0 bridgehead atoms. The average Bonchev–Trinajstić information content (AvgIpc) is 2.88. The molecule has 0 spiro atoms. The normalized spacial score (nSPS) is 17.9. The molecule has 1 aromatic heterocycles. The van der Waals surface area contributed by atoms with E-state index >= 15 is 0 Å². The average molecular weight is 252 g/mol. The number of hydrogen-bond donors (Lipinski definition) is 2. The highest BCUT2D eigenvalue weighted by molar-refractivity contribution is 5.75. The van der Waals surface area contributed by atoms with E-state index in [1.165, 1.54) is 10.9 Å². The van der Waals surface area contributed by atoms with Crippen molar-refractivity contribution in [2.75, 3.05) is 19.3 Å². The quantitative estimate of drug-likeness (QED) is 0.803. The second-order valence-electron chi connectivity index (χ2n) is 5.15. The van der Waals surface area contributed by atoms with Crippen molar-refractivity contribution in [2.45, 2.75) is 37.8 Å². The minimum absolute atomic E-state index is 0.0709. The van der Waals surface area contributed by atoms with Gasteiger partial charge in [0, 0.05) is 19.8 Å². The van der Waals surface area contributed by atoms with E-state index in [2.05, 4.69) is 5.10 Å². The van der Waals surface area contributed by atoms with Gasteiger partial charge in [0.2, 0.25) is 5.91 Å². The lowest BCUT2D eigenvalue weighted by atomic mass is 10.0. The summed E-state index contributed by atoms with van der Waals surface area (Å²) in [5.41, 5.74) is 5.38. The molecule has 6 heteroatoms. The Morgan fingerprint density at radius 2 is 2.28 bits per heavy atom. The molecule has 100 valence electrons. The summed E-state index contributed by atoms with van der Waals surface area (Å²) in [5.74, 6) is -0.0709. The molecule has 1 aromatic rings. The van der Waals surface area contributed by atoms with Crippen molar-refractivity contribution in [3.63, 3.8) is 0 Å². The smallest absolute Gasteiger partial charge is 0.244 e. The molecule has 2 rings (SSSR count). The zero-order valence-corrected chi connectivity index (χ0v) is 10.7. The zero-order valence-electron chi connectivity index (χ0n) is 10.7. The number of anilines is 1. The first-order chi connectivity index (χ1) is 8.48. The predicted octanol–water partition coefficient (Wildman–Crippen LogP) is 0.229. The van der Waals surface area contributed by atoms with E-state index in [-0.39, 0.29) is 12.5 Å². The third-order valence-corrected chi connectivity index (χ3v) is 3.44. The second-order valence-corrected chi connectivity index (χ2v) is 5.15. The molecule has 6 nitrogen and oxygen atoms in total. The van der Waals surface area contributed by atoms with E-state index in [1.54, 1.807) is 18.1 Å². The summed E-state index contributed by atoms with van der Waals surface area (Å²) in [6.07, 6.45) is 6.76. The minimum Gasteiger partial charge on any atom is -0.396 e. The first-order valence-corrected chi connectivity index (χ1v) is 6.23. The maximum atomic E-state index is 12.0. The Bertz CT molecular complexity index is 423. The molecule has 0 saturated heterocycles. The Balaban J connectivity index is 1.88. The van der Waals surface area contributed by atoms with Crippen molar-refractivity contribution >= 4 is 11.6 Å². The number of amides is 1. The van der Waals surface area contributed by atoms with E-state index < -0.39 is 5.60 Å². The number of carbonyl (C=O) groups excluding carboxylic acids is 1. The fraction of sp³-hybridized carbons (Fsp3) is 0.667. The fourth-order valence-corrected chi connectivity index (χ4v) is 2.45. The van der Waals surface area contributed by atoms with Gasteiger partial charge in [0.15, 0.2) is 0 Å². The number of nitrogens with zero attached hydrogens (tertiary/aromatic N) is 3. The molecular weight excluding hydrogens is 232 g/mol. The van der Waals surface area contributed by atoms with Crippen LogP contribution < -0.4 is 5.73 Å².